The van der Waals surface area contributed by atoms with E-state index < -0.39 is 0 Å². The van der Waals surface area contributed by atoms with E-state index >= 15 is 0 Å². The lowest BCUT2D eigenvalue weighted by Crippen LogP contribution is -2.42. The fourth-order valence-electron chi connectivity index (χ4n) is 2.53. The van der Waals surface area contributed by atoms with E-state index in [0.29, 0.717) is 6.54 Å². The smallest absolute Gasteiger partial charge is 0.237 e. The van der Waals surface area contributed by atoms with Gasteiger partial charge in [0.05, 0.1) is 6.04 Å². The Morgan fingerprint density at radius 3 is 3.32 bits per heavy atom. The van der Waals surface area contributed by atoms with E-state index in [1.165, 1.54) is 0 Å². The number of nitrogens with zero attached hydrogens (tertiary/aromatic N) is 1. The molecule has 5 heteroatoms. The number of carbonyl (C=O) groups is 1. The Labute approximate surface area is 111 Å². The Bertz CT molecular complexity index is 578. The largest absolute Gasteiger partial charge is 0.355 e. The van der Waals surface area contributed by atoms with Crippen molar-refractivity contribution in [2.45, 2.75) is 31.8 Å². The van der Waals surface area contributed by atoms with Gasteiger partial charge in [-0.25, -0.2) is 4.98 Å². The third kappa shape index (κ3) is 2.61. The van der Waals surface area contributed by atoms with E-state index in [1.54, 1.807) is 6.20 Å². The quantitative estimate of drug-likeness (QED) is 0.777. The van der Waals surface area contributed by atoms with Crippen LogP contribution in [0.15, 0.2) is 24.5 Å². The van der Waals surface area contributed by atoms with Gasteiger partial charge in [-0.3, -0.25) is 4.79 Å². The summed E-state index contributed by atoms with van der Waals surface area (Å²) in [4.78, 5) is 19.3. The maximum absolute atomic E-state index is 11.8. The number of hydrogen-bond acceptors (Lipinski definition) is 3. The molecular weight excluding hydrogens is 240 g/mol. The van der Waals surface area contributed by atoms with Crippen molar-refractivity contribution in [3.8, 4) is 0 Å². The summed E-state index contributed by atoms with van der Waals surface area (Å²) in [5.41, 5.74) is 2.05. The van der Waals surface area contributed by atoms with E-state index in [4.69, 9.17) is 0 Å². The molecule has 1 saturated heterocycles. The second-order valence-corrected chi connectivity index (χ2v) is 4.93. The molecule has 1 fully saturated rings. The molecule has 0 spiro atoms. The zero-order valence-electron chi connectivity index (χ0n) is 10.8. The first-order valence-corrected chi connectivity index (χ1v) is 6.76. The standard InChI is InChI=1S/C14H18N4O/c19-14-12(5-1-2-6-16-14)17-8-10-9-18-13-11(10)4-3-7-15-13/h3-4,7,9,12,17H,1-2,5-6,8H2,(H,15,18)(H,16,19). The van der Waals surface area contributed by atoms with Gasteiger partial charge in [0.25, 0.3) is 0 Å². The van der Waals surface area contributed by atoms with Crippen LogP contribution in [-0.2, 0) is 11.3 Å². The summed E-state index contributed by atoms with van der Waals surface area (Å²) in [5.74, 6) is 0.121. The van der Waals surface area contributed by atoms with Gasteiger partial charge in [-0.15, -0.1) is 0 Å². The molecule has 3 rings (SSSR count). The fraction of sp³-hybridized carbons (Fsp3) is 0.429. The summed E-state index contributed by atoms with van der Waals surface area (Å²) in [6.07, 6.45) is 6.80. The van der Waals surface area contributed by atoms with Crippen LogP contribution < -0.4 is 10.6 Å². The second-order valence-electron chi connectivity index (χ2n) is 4.93. The lowest BCUT2D eigenvalue weighted by molar-refractivity contribution is -0.122. The molecule has 0 radical (unpaired) electrons. The Morgan fingerprint density at radius 2 is 2.37 bits per heavy atom. The Kier molecular flexibility index (Phi) is 3.46. The predicted molar refractivity (Wildman–Crippen MR) is 73.6 cm³/mol. The minimum atomic E-state index is -0.0795. The van der Waals surface area contributed by atoms with Crippen molar-refractivity contribution in [3.63, 3.8) is 0 Å². The van der Waals surface area contributed by atoms with Crippen molar-refractivity contribution < 1.29 is 4.79 Å². The van der Waals surface area contributed by atoms with Crippen LogP contribution in [0, 0.1) is 0 Å². The van der Waals surface area contributed by atoms with Crippen LogP contribution in [0.2, 0.25) is 0 Å². The molecule has 0 saturated carbocycles. The molecule has 3 heterocycles. The van der Waals surface area contributed by atoms with Crippen LogP contribution in [0.1, 0.15) is 24.8 Å². The maximum Gasteiger partial charge on any atom is 0.237 e. The molecule has 3 N–H and O–H groups in total. The van der Waals surface area contributed by atoms with Gasteiger partial charge < -0.3 is 15.6 Å². The lowest BCUT2D eigenvalue weighted by atomic mass is 10.1. The number of carbonyl (C=O) groups excluding carboxylic acids is 1. The molecule has 5 nitrogen and oxygen atoms in total. The van der Waals surface area contributed by atoms with Gasteiger partial charge in [0.1, 0.15) is 5.65 Å². The molecule has 100 valence electrons. The normalized spacial score (nSPS) is 20.2. The van der Waals surface area contributed by atoms with Crippen LogP contribution in [0.4, 0.5) is 0 Å². The van der Waals surface area contributed by atoms with Crippen LogP contribution in [0.3, 0.4) is 0 Å². The van der Waals surface area contributed by atoms with Crippen molar-refractivity contribution in [1.29, 1.82) is 0 Å². The van der Waals surface area contributed by atoms with Gasteiger partial charge in [0, 0.05) is 30.9 Å². The number of nitrogens with one attached hydrogen (secondary N) is 3. The SMILES string of the molecule is O=C1NCCCCC1NCc1c[nH]c2ncccc12. The molecule has 0 bridgehead atoms. The number of aromatic amines is 1. The highest BCUT2D eigenvalue weighted by molar-refractivity contribution is 5.82. The highest BCUT2D eigenvalue weighted by Gasteiger charge is 2.20. The van der Waals surface area contributed by atoms with Gasteiger partial charge in [0.2, 0.25) is 5.91 Å². The number of fused-ring (bicyclic) bond motifs is 1. The minimum Gasteiger partial charge on any atom is -0.355 e. The number of rotatable bonds is 3. The van der Waals surface area contributed by atoms with Crippen LogP contribution in [-0.4, -0.2) is 28.5 Å². The molecule has 0 aromatic carbocycles. The molecule has 1 amide bonds. The number of aromatic nitrogens is 2. The molecule has 1 aliphatic rings. The first-order chi connectivity index (χ1) is 9.34. The van der Waals surface area contributed by atoms with Gasteiger partial charge in [-0.1, -0.05) is 0 Å². The van der Waals surface area contributed by atoms with Crippen molar-refractivity contribution >= 4 is 16.9 Å². The summed E-state index contributed by atoms with van der Waals surface area (Å²) in [6, 6.07) is 3.89. The van der Waals surface area contributed by atoms with E-state index in [-0.39, 0.29) is 11.9 Å². The summed E-state index contributed by atoms with van der Waals surface area (Å²) >= 11 is 0. The van der Waals surface area contributed by atoms with Crippen LogP contribution in [0.5, 0.6) is 0 Å². The van der Waals surface area contributed by atoms with E-state index in [9.17, 15) is 4.79 Å². The minimum absolute atomic E-state index is 0.0795. The molecule has 1 unspecified atom stereocenters. The van der Waals surface area contributed by atoms with Gasteiger partial charge in [0.15, 0.2) is 0 Å². The zero-order valence-corrected chi connectivity index (χ0v) is 10.8. The van der Waals surface area contributed by atoms with Gasteiger partial charge >= 0.3 is 0 Å². The average molecular weight is 258 g/mol. The molecule has 2 aromatic rings. The van der Waals surface area contributed by atoms with Crippen molar-refractivity contribution in [3.05, 3.63) is 30.1 Å². The molecular formula is C14H18N4O. The summed E-state index contributed by atoms with van der Waals surface area (Å²) in [7, 11) is 0. The highest BCUT2D eigenvalue weighted by atomic mass is 16.2. The van der Waals surface area contributed by atoms with Gasteiger partial charge in [-0.05, 0) is 37.0 Å². The Morgan fingerprint density at radius 1 is 1.42 bits per heavy atom. The van der Waals surface area contributed by atoms with Crippen molar-refractivity contribution in [2.75, 3.05) is 6.54 Å². The number of pyridine rings is 1. The molecule has 0 aliphatic carbocycles. The summed E-state index contributed by atoms with van der Waals surface area (Å²) < 4.78 is 0. The fourth-order valence-corrected chi connectivity index (χ4v) is 2.53. The number of H-pyrrole nitrogens is 1. The monoisotopic (exact) mass is 258 g/mol. The maximum atomic E-state index is 11.8. The van der Waals surface area contributed by atoms with Crippen LogP contribution in [0.25, 0.3) is 11.0 Å². The third-order valence-electron chi connectivity index (χ3n) is 3.61. The summed E-state index contributed by atoms with van der Waals surface area (Å²) in [6.45, 7) is 1.48. The van der Waals surface area contributed by atoms with Crippen molar-refractivity contribution in [2.24, 2.45) is 0 Å². The Hall–Kier alpha value is -1.88. The number of hydrogen-bond donors (Lipinski definition) is 3. The highest BCUT2D eigenvalue weighted by Crippen LogP contribution is 2.16. The predicted octanol–water partition coefficient (Wildman–Crippen LogP) is 1.32. The topological polar surface area (TPSA) is 69.8 Å². The second kappa shape index (κ2) is 5.40. The van der Waals surface area contributed by atoms with E-state index in [1.807, 2.05) is 18.3 Å². The lowest BCUT2D eigenvalue weighted by Gasteiger charge is -2.14. The Balaban J connectivity index is 1.70. The first-order valence-electron chi connectivity index (χ1n) is 6.76. The third-order valence-corrected chi connectivity index (χ3v) is 3.61. The van der Waals surface area contributed by atoms with E-state index in [2.05, 4.69) is 20.6 Å². The first kappa shape index (κ1) is 12.2. The van der Waals surface area contributed by atoms with Gasteiger partial charge in [-0.2, -0.15) is 0 Å². The molecule has 1 aliphatic heterocycles. The molecule has 1 atom stereocenters. The average Bonchev–Trinajstić information content (AvgIpc) is 2.73. The summed E-state index contributed by atoms with van der Waals surface area (Å²) in [5, 5.41) is 7.40. The number of amides is 1. The van der Waals surface area contributed by atoms with Crippen molar-refractivity contribution in [1.82, 2.24) is 20.6 Å². The van der Waals surface area contributed by atoms with Crippen LogP contribution >= 0.6 is 0 Å². The molecule has 2 aromatic heterocycles. The zero-order chi connectivity index (χ0) is 13.1. The van der Waals surface area contributed by atoms with E-state index in [0.717, 1.165) is 42.4 Å². The molecule has 19 heavy (non-hydrogen) atoms.